The third kappa shape index (κ3) is 4.08. The average Bonchev–Trinajstić information content (AvgIpc) is 2.27. The second kappa shape index (κ2) is 6.27. The summed E-state index contributed by atoms with van der Waals surface area (Å²) in [5.41, 5.74) is 1.19. The smallest absolute Gasteiger partial charge is 0.252 e. The number of pyridine rings is 1. The van der Waals surface area contributed by atoms with Crippen molar-refractivity contribution in [3.05, 3.63) is 28.5 Å². The summed E-state index contributed by atoms with van der Waals surface area (Å²) in [6.07, 6.45) is 7.03. The first-order valence-electron chi connectivity index (χ1n) is 5.48. The van der Waals surface area contributed by atoms with Gasteiger partial charge in [-0.25, -0.2) is 4.98 Å². The van der Waals surface area contributed by atoms with Gasteiger partial charge >= 0.3 is 0 Å². The van der Waals surface area contributed by atoms with Gasteiger partial charge in [-0.1, -0.05) is 30.9 Å². The second-order valence-corrected chi connectivity index (χ2v) is 4.19. The number of halogens is 1. The van der Waals surface area contributed by atoms with E-state index < -0.39 is 0 Å². The third-order valence-electron chi connectivity index (χ3n) is 2.27. The van der Waals surface area contributed by atoms with Crippen LogP contribution in [-0.2, 0) is 0 Å². The maximum Gasteiger partial charge on any atom is 0.252 e. The summed E-state index contributed by atoms with van der Waals surface area (Å²) < 4.78 is 0. The lowest BCUT2D eigenvalue weighted by Gasteiger charge is -2.12. The molecule has 0 saturated heterocycles. The van der Waals surface area contributed by atoms with E-state index in [-0.39, 0.29) is 11.9 Å². The Morgan fingerprint density at radius 3 is 2.88 bits per heavy atom. The summed E-state index contributed by atoms with van der Waals surface area (Å²) >= 11 is 5.79. The maximum atomic E-state index is 11.9. The Bertz CT molecular complexity index is 431. The molecule has 17 heavy (non-hydrogen) atoms. The molecule has 1 aromatic rings. The van der Waals surface area contributed by atoms with Gasteiger partial charge in [0.15, 0.2) is 0 Å². The summed E-state index contributed by atoms with van der Waals surface area (Å²) in [4.78, 5) is 15.9. The number of aromatic nitrogens is 1. The Kier molecular flexibility index (Phi) is 4.99. The lowest BCUT2D eigenvalue weighted by molar-refractivity contribution is 0.0944. The van der Waals surface area contributed by atoms with Gasteiger partial charge in [0, 0.05) is 11.3 Å². The minimum Gasteiger partial charge on any atom is -0.338 e. The van der Waals surface area contributed by atoms with E-state index in [1.807, 2.05) is 6.92 Å². The van der Waals surface area contributed by atoms with Crippen LogP contribution in [0.5, 0.6) is 0 Å². The Morgan fingerprint density at radius 1 is 1.65 bits per heavy atom. The predicted molar refractivity (Wildman–Crippen MR) is 69.0 cm³/mol. The molecular formula is C13H15ClN2O. The molecule has 0 bridgehead atoms. The van der Waals surface area contributed by atoms with Crippen LogP contribution in [-0.4, -0.2) is 16.9 Å². The summed E-state index contributed by atoms with van der Waals surface area (Å²) in [6.45, 7) is 3.80. The van der Waals surface area contributed by atoms with Gasteiger partial charge in [-0.3, -0.25) is 4.79 Å². The number of aryl methyl sites for hydroxylation is 1. The van der Waals surface area contributed by atoms with Crippen molar-refractivity contribution in [2.45, 2.75) is 32.7 Å². The van der Waals surface area contributed by atoms with Gasteiger partial charge < -0.3 is 5.32 Å². The molecule has 1 aromatic heterocycles. The van der Waals surface area contributed by atoms with Crippen molar-refractivity contribution >= 4 is 17.5 Å². The molecule has 0 aromatic carbocycles. The van der Waals surface area contributed by atoms with Gasteiger partial charge in [0.05, 0.1) is 6.04 Å². The largest absolute Gasteiger partial charge is 0.338 e. The fourth-order valence-electron chi connectivity index (χ4n) is 1.49. The molecule has 0 aliphatic heterocycles. The minimum absolute atomic E-state index is 0.214. The highest BCUT2D eigenvalue weighted by atomic mass is 35.5. The molecule has 0 saturated carbocycles. The molecule has 90 valence electrons. The summed E-state index contributed by atoms with van der Waals surface area (Å²) in [5.74, 6) is 2.34. The zero-order chi connectivity index (χ0) is 12.8. The molecule has 0 fully saturated rings. The fourth-order valence-corrected chi connectivity index (χ4v) is 1.74. The molecule has 1 unspecified atom stereocenters. The van der Waals surface area contributed by atoms with Crippen LogP contribution in [0.2, 0.25) is 5.15 Å². The zero-order valence-electron chi connectivity index (χ0n) is 9.96. The maximum absolute atomic E-state index is 11.9. The van der Waals surface area contributed by atoms with Crippen molar-refractivity contribution in [2.75, 3.05) is 0 Å². The monoisotopic (exact) mass is 250 g/mol. The Hall–Kier alpha value is -1.53. The molecule has 4 heteroatoms. The van der Waals surface area contributed by atoms with Crippen LogP contribution in [0.4, 0.5) is 0 Å². The normalized spacial score (nSPS) is 11.6. The van der Waals surface area contributed by atoms with E-state index in [4.69, 9.17) is 18.0 Å². The van der Waals surface area contributed by atoms with E-state index >= 15 is 0 Å². The van der Waals surface area contributed by atoms with Crippen molar-refractivity contribution in [3.8, 4) is 12.3 Å². The standard InChI is InChI=1S/C13H15ClN2O/c1-4-6-11(5-2)16-13(17)10-7-9(3)15-12(14)8-10/h2,7-8,11H,4,6H2,1,3H3,(H,16,17). The Balaban J connectivity index is 2.79. The van der Waals surface area contributed by atoms with E-state index in [2.05, 4.69) is 16.2 Å². The molecule has 1 N–H and O–H groups in total. The molecule has 1 atom stereocenters. The zero-order valence-corrected chi connectivity index (χ0v) is 10.7. The Labute approximate surface area is 107 Å². The lowest BCUT2D eigenvalue weighted by Crippen LogP contribution is -2.33. The Morgan fingerprint density at radius 2 is 2.35 bits per heavy atom. The molecule has 1 amide bonds. The van der Waals surface area contributed by atoms with Crippen LogP contribution in [0.3, 0.4) is 0 Å². The van der Waals surface area contributed by atoms with Gasteiger partial charge in [0.2, 0.25) is 0 Å². The van der Waals surface area contributed by atoms with E-state index in [1.165, 1.54) is 6.07 Å². The van der Waals surface area contributed by atoms with Gasteiger partial charge in [-0.15, -0.1) is 6.42 Å². The molecule has 1 heterocycles. The third-order valence-corrected chi connectivity index (χ3v) is 2.46. The van der Waals surface area contributed by atoms with Crippen molar-refractivity contribution in [1.82, 2.24) is 10.3 Å². The number of terminal acetylenes is 1. The molecule has 0 radical (unpaired) electrons. The number of carbonyl (C=O) groups is 1. The molecule has 1 rings (SSSR count). The van der Waals surface area contributed by atoms with Crippen LogP contribution in [0.15, 0.2) is 12.1 Å². The van der Waals surface area contributed by atoms with Gasteiger partial charge in [0.1, 0.15) is 5.15 Å². The SMILES string of the molecule is C#CC(CCC)NC(=O)c1cc(C)nc(Cl)c1. The molecule has 3 nitrogen and oxygen atoms in total. The first-order chi connectivity index (χ1) is 8.06. The van der Waals surface area contributed by atoms with Crippen LogP contribution < -0.4 is 5.32 Å². The number of nitrogens with one attached hydrogen (secondary N) is 1. The quantitative estimate of drug-likeness (QED) is 0.659. The number of carbonyl (C=O) groups excluding carboxylic acids is 1. The van der Waals surface area contributed by atoms with Crippen LogP contribution in [0.25, 0.3) is 0 Å². The first-order valence-corrected chi connectivity index (χ1v) is 5.85. The van der Waals surface area contributed by atoms with E-state index in [9.17, 15) is 4.79 Å². The van der Waals surface area contributed by atoms with Crippen LogP contribution in [0, 0.1) is 19.3 Å². The van der Waals surface area contributed by atoms with E-state index in [1.54, 1.807) is 13.0 Å². The van der Waals surface area contributed by atoms with Crippen molar-refractivity contribution in [1.29, 1.82) is 0 Å². The topological polar surface area (TPSA) is 42.0 Å². The fraction of sp³-hybridized carbons (Fsp3) is 0.385. The van der Waals surface area contributed by atoms with E-state index in [0.29, 0.717) is 16.4 Å². The minimum atomic E-state index is -0.236. The average molecular weight is 251 g/mol. The number of nitrogens with zero attached hydrogens (tertiary/aromatic N) is 1. The van der Waals surface area contributed by atoms with Gasteiger partial charge in [0.25, 0.3) is 5.91 Å². The predicted octanol–water partition coefficient (Wildman–Crippen LogP) is 2.58. The van der Waals surface area contributed by atoms with Crippen LogP contribution >= 0.6 is 11.6 Å². The molecule has 0 aliphatic carbocycles. The number of rotatable bonds is 4. The highest BCUT2D eigenvalue weighted by molar-refractivity contribution is 6.29. The highest BCUT2D eigenvalue weighted by Crippen LogP contribution is 2.10. The molecule has 0 aliphatic rings. The van der Waals surface area contributed by atoms with Gasteiger partial charge in [-0.2, -0.15) is 0 Å². The molecule has 0 spiro atoms. The molecular weight excluding hydrogens is 236 g/mol. The van der Waals surface area contributed by atoms with Crippen molar-refractivity contribution in [2.24, 2.45) is 0 Å². The first kappa shape index (κ1) is 13.5. The van der Waals surface area contributed by atoms with E-state index in [0.717, 1.165) is 12.8 Å². The lowest BCUT2D eigenvalue weighted by atomic mass is 10.1. The number of hydrogen-bond acceptors (Lipinski definition) is 2. The van der Waals surface area contributed by atoms with Gasteiger partial charge in [-0.05, 0) is 25.5 Å². The van der Waals surface area contributed by atoms with Crippen molar-refractivity contribution in [3.63, 3.8) is 0 Å². The van der Waals surface area contributed by atoms with Crippen LogP contribution in [0.1, 0.15) is 35.8 Å². The second-order valence-electron chi connectivity index (χ2n) is 3.80. The number of hydrogen-bond donors (Lipinski definition) is 1. The number of amides is 1. The van der Waals surface area contributed by atoms with Crippen molar-refractivity contribution < 1.29 is 4.79 Å². The summed E-state index contributed by atoms with van der Waals surface area (Å²) in [5, 5.41) is 3.09. The summed E-state index contributed by atoms with van der Waals surface area (Å²) in [6, 6.07) is 2.98. The summed E-state index contributed by atoms with van der Waals surface area (Å²) in [7, 11) is 0. The highest BCUT2D eigenvalue weighted by Gasteiger charge is 2.12.